The molecule has 0 unspecified atom stereocenters. The van der Waals surface area contributed by atoms with Crippen molar-refractivity contribution in [2.24, 2.45) is 0 Å². The Morgan fingerprint density at radius 2 is 1.62 bits per heavy atom. The van der Waals surface area contributed by atoms with Gasteiger partial charge in [0.2, 0.25) is 5.91 Å². The van der Waals surface area contributed by atoms with Crippen LogP contribution in [0.4, 0.5) is 17.1 Å². The average Bonchev–Trinajstić information content (AvgIpc) is 2.65. The molecule has 0 aromatic heterocycles. The molecule has 4 nitrogen and oxygen atoms in total. The summed E-state index contributed by atoms with van der Waals surface area (Å²) < 4.78 is 5.23. The van der Waals surface area contributed by atoms with Crippen molar-refractivity contribution in [2.75, 3.05) is 17.7 Å². The summed E-state index contributed by atoms with van der Waals surface area (Å²) in [5.41, 5.74) is 4.83. The minimum Gasteiger partial charge on any atom is -0.497 e. The van der Waals surface area contributed by atoms with Gasteiger partial charge in [0.05, 0.1) is 13.5 Å². The van der Waals surface area contributed by atoms with Crippen LogP contribution < -0.4 is 15.4 Å². The summed E-state index contributed by atoms with van der Waals surface area (Å²) in [6.07, 6.45) is 0.372. The van der Waals surface area contributed by atoms with Crippen LogP contribution in [-0.4, -0.2) is 13.0 Å². The highest BCUT2D eigenvalue weighted by molar-refractivity contribution is 5.92. The van der Waals surface area contributed by atoms with Crippen molar-refractivity contribution in [3.05, 3.63) is 83.9 Å². The molecule has 2 N–H and O–H groups in total. The van der Waals surface area contributed by atoms with Gasteiger partial charge in [-0.3, -0.25) is 4.79 Å². The molecular weight excluding hydrogens is 324 g/mol. The minimum atomic E-state index is -0.0206. The Balaban J connectivity index is 1.60. The lowest BCUT2D eigenvalue weighted by molar-refractivity contribution is -0.115. The first kappa shape index (κ1) is 17.5. The molecule has 3 aromatic rings. The van der Waals surface area contributed by atoms with Crippen molar-refractivity contribution >= 4 is 23.0 Å². The number of hydrogen-bond donors (Lipinski definition) is 2. The molecule has 3 rings (SSSR count). The first-order chi connectivity index (χ1) is 12.6. The van der Waals surface area contributed by atoms with E-state index in [0.29, 0.717) is 6.42 Å². The van der Waals surface area contributed by atoms with Gasteiger partial charge in [0.1, 0.15) is 5.75 Å². The van der Waals surface area contributed by atoms with Crippen LogP contribution in [0.15, 0.2) is 72.8 Å². The van der Waals surface area contributed by atoms with Crippen LogP contribution in [0.3, 0.4) is 0 Å². The normalized spacial score (nSPS) is 10.2. The third kappa shape index (κ3) is 4.63. The van der Waals surface area contributed by atoms with Gasteiger partial charge in [-0.25, -0.2) is 0 Å². The van der Waals surface area contributed by atoms with Gasteiger partial charge >= 0.3 is 0 Å². The third-order valence-electron chi connectivity index (χ3n) is 4.14. The zero-order valence-corrected chi connectivity index (χ0v) is 15.0. The minimum absolute atomic E-state index is 0.0206. The molecule has 0 saturated carbocycles. The highest BCUT2D eigenvalue weighted by atomic mass is 16.5. The molecule has 0 spiro atoms. The lowest BCUT2D eigenvalue weighted by Gasteiger charge is -2.10. The van der Waals surface area contributed by atoms with Gasteiger partial charge in [0, 0.05) is 23.1 Å². The summed E-state index contributed by atoms with van der Waals surface area (Å²) in [6.45, 7) is 2.02. The Hall–Kier alpha value is -3.27. The number of ether oxygens (including phenoxy) is 1. The van der Waals surface area contributed by atoms with Crippen molar-refractivity contribution in [3.63, 3.8) is 0 Å². The second-order valence-corrected chi connectivity index (χ2v) is 6.09. The molecule has 4 heteroatoms. The van der Waals surface area contributed by atoms with Crippen molar-refractivity contribution in [3.8, 4) is 5.75 Å². The summed E-state index contributed by atoms with van der Waals surface area (Å²) in [5.74, 6) is 0.780. The van der Waals surface area contributed by atoms with Crippen molar-refractivity contribution < 1.29 is 9.53 Å². The molecule has 0 radical (unpaired) electrons. The summed E-state index contributed by atoms with van der Waals surface area (Å²) in [7, 11) is 1.65. The molecule has 0 saturated heterocycles. The topological polar surface area (TPSA) is 50.4 Å². The molecule has 3 aromatic carbocycles. The van der Waals surface area contributed by atoms with E-state index in [1.807, 2.05) is 79.7 Å². The first-order valence-electron chi connectivity index (χ1n) is 8.49. The van der Waals surface area contributed by atoms with E-state index in [9.17, 15) is 4.79 Å². The highest BCUT2D eigenvalue weighted by Crippen LogP contribution is 2.22. The van der Waals surface area contributed by atoms with E-state index in [2.05, 4.69) is 10.6 Å². The third-order valence-corrected chi connectivity index (χ3v) is 4.14. The second-order valence-electron chi connectivity index (χ2n) is 6.09. The lowest BCUT2D eigenvalue weighted by atomic mass is 10.1. The summed E-state index contributed by atoms with van der Waals surface area (Å²) >= 11 is 0. The van der Waals surface area contributed by atoms with E-state index in [1.54, 1.807) is 7.11 Å². The molecule has 132 valence electrons. The van der Waals surface area contributed by atoms with Gasteiger partial charge in [0.25, 0.3) is 0 Å². The molecule has 0 aliphatic rings. The zero-order valence-electron chi connectivity index (χ0n) is 15.0. The quantitative estimate of drug-likeness (QED) is 0.665. The number of methoxy groups -OCH3 is 1. The highest BCUT2D eigenvalue weighted by Gasteiger charge is 2.06. The molecule has 0 bridgehead atoms. The van der Waals surface area contributed by atoms with E-state index >= 15 is 0 Å². The van der Waals surface area contributed by atoms with E-state index in [1.165, 1.54) is 0 Å². The predicted molar refractivity (Wildman–Crippen MR) is 106 cm³/mol. The summed E-state index contributed by atoms with van der Waals surface area (Å²) in [5, 5.41) is 6.25. The molecule has 0 atom stereocenters. The standard InChI is InChI=1S/C22H22N2O2/c1-16-6-3-4-7-17(16)14-22(25)24-19-12-10-18(11-13-19)23-20-8-5-9-21(15-20)26-2/h3-13,15,23H,14H2,1-2H3,(H,24,25). The summed E-state index contributed by atoms with van der Waals surface area (Å²) in [4.78, 5) is 12.2. The molecule has 0 aliphatic heterocycles. The Morgan fingerprint density at radius 3 is 2.35 bits per heavy atom. The Labute approximate surface area is 153 Å². The molecule has 0 heterocycles. The fourth-order valence-corrected chi connectivity index (χ4v) is 2.69. The average molecular weight is 346 g/mol. The molecular formula is C22H22N2O2. The van der Waals surface area contributed by atoms with Crippen LogP contribution in [0.5, 0.6) is 5.75 Å². The number of aryl methyl sites for hydroxylation is 1. The Bertz CT molecular complexity index is 889. The van der Waals surface area contributed by atoms with E-state index < -0.39 is 0 Å². The monoisotopic (exact) mass is 346 g/mol. The van der Waals surface area contributed by atoms with Gasteiger partial charge in [-0.2, -0.15) is 0 Å². The van der Waals surface area contributed by atoms with E-state index in [-0.39, 0.29) is 5.91 Å². The van der Waals surface area contributed by atoms with Crippen LogP contribution in [0.25, 0.3) is 0 Å². The SMILES string of the molecule is COc1cccc(Nc2ccc(NC(=O)Cc3ccccc3C)cc2)c1. The number of rotatable bonds is 6. The zero-order chi connectivity index (χ0) is 18.4. The van der Waals surface area contributed by atoms with Gasteiger partial charge in [-0.15, -0.1) is 0 Å². The van der Waals surface area contributed by atoms with Gasteiger partial charge < -0.3 is 15.4 Å². The van der Waals surface area contributed by atoms with Gasteiger partial charge in [0.15, 0.2) is 0 Å². The Morgan fingerprint density at radius 1 is 0.885 bits per heavy atom. The van der Waals surface area contributed by atoms with E-state index in [0.717, 1.165) is 33.9 Å². The maximum atomic E-state index is 12.2. The van der Waals surface area contributed by atoms with Crippen molar-refractivity contribution in [1.29, 1.82) is 0 Å². The second kappa shape index (κ2) is 8.21. The van der Waals surface area contributed by atoms with Crippen LogP contribution in [0, 0.1) is 6.92 Å². The van der Waals surface area contributed by atoms with E-state index in [4.69, 9.17) is 4.74 Å². The van der Waals surface area contributed by atoms with Crippen LogP contribution in [0.1, 0.15) is 11.1 Å². The van der Waals surface area contributed by atoms with Crippen LogP contribution in [0.2, 0.25) is 0 Å². The molecule has 26 heavy (non-hydrogen) atoms. The van der Waals surface area contributed by atoms with Crippen LogP contribution in [-0.2, 0) is 11.2 Å². The number of anilines is 3. The number of hydrogen-bond acceptors (Lipinski definition) is 3. The van der Waals surface area contributed by atoms with Gasteiger partial charge in [-0.1, -0.05) is 30.3 Å². The smallest absolute Gasteiger partial charge is 0.228 e. The number of nitrogens with one attached hydrogen (secondary N) is 2. The van der Waals surface area contributed by atoms with Crippen LogP contribution >= 0.6 is 0 Å². The van der Waals surface area contributed by atoms with Crippen molar-refractivity contribution in [2.45, 2.75) is 13.3 Å². The van der Waals surface area contributed by atoms with Crippen molar-refractivity contribution in [1.82, 2.24) is 0 Å². The number of amides is 1. The fourth-order valence-electron chi connectivity index (χ4n) is 2.69. The molecule has 0 aliphatic carbocycles. The maximum absolute atomic E-state index is 12.2. The maximum Gasteiger partial charge on any atom is 0.228 e. The largest absolute Gasteiger partial charge is 0.497 e. The number of carbonyl (C=O) groups excluding carboxylic acids is 1. The first-order valence-corrected chi connectivity index (χ1v) is 8.49. The predicted octanol–water partition coefficient (Wildman–Crippen LogP) is 4.93. The number of benzene rings is 3. The molecule has 1 amide bonds. The fraction of sp³-hybridized carbons (Fsp3) is 0.136. The van der Waals surface area contributed by atoms with Gasteiger partial charge in [-0.05, 0) is 54.4 Å². The summed E-state index contributed by atoms with van der Waals surface area (Å²) in [6, 6.07) is 23.3. The molecule has 0 fully saturated rings. The number of carbonyl (C=O) groups is 1. The Kier molecular flexibility index (Phi) is 5.54. The lowest BCUT2D eigenvalue weighted by Crippen LogP contribution is -2.14.